The number of carbonyl (C=O) groups is 2. The number of halogens is 1. The lowest BCUT2D eigenvalue weighted by molar-refractivity contribution is -0.138. The van der Waals surface area contributed by atoms with Crippen molar-refractivity contribution in [3.05, 3.63) is 69.7 Å². The third-order valence-corrected chi connectivity index (χ3v) is 5.96. The van der Waals surface area contributed by atoms with E-state index in [4.69, 9.17) is 0 Å². The fourth-order valence-corrected chi connectivity index (χ4v) is 4.04. The van der Waals surface area contributed by atoms with E-state index in [9.17, 15) is 9.59 Å². The summed E-state index contributed by atoms with van der Waals surface area (Å²) in [5.41, 5.74) is 3.41. The number of hydrogen-bond acceptors (Lipinski definition) is 3. The van der Waals surface area contributed by atoms with Gasteiger partial charge in [0.1, 0.15) is 6.04 Å². The third-order valence-electron chi connectivity index (χ3n) is 4.44. The van der Waals surface area contributed by atoms with Gasteiger partial charge in [0.2, 0.25) is 11.8 Å². The van der Waals surface area contributed by atoms with Gasteiger partial charge < -0.3 is 10.2 Å². The number of aryl methyl sites for hydroxylation is 1. The topological polar surface area (TPSA) is 49.4 Å². The number of rotatable bonds is 9. The van der Waals surface area contributed by atoms with Crippen molar-refractivity contribution in [3.8, 4) is 0 Å². The van der Waals surface area contributed by atoms with Gasteiger partial charge in [-0.05, 0) is 51.0 Å². The molecular weight excluding hydrogens is 448 g/mol. The molecular formula is C23H29BrN2O2S. The zero-order valence-corrected chi connectivity index (χ0v) is 19.8. The van der Waals surface area contributed by atoms with E-state index in [1.54, 1.807) is 23.6 Å². The Morgan fingerprint density at radius 2 is 1.76 bits per heavy atom. The predicted octanol–water partition coefficient (Wildman–Crippen LogP) is 4.93. The number of benzene rings is 2. The maximum atomic E-state index is 13.0. The van der Waals surface area contributed by atoms with Crippen LogP contribution in [0.3, 0.4) is 0 Å². The predicted molar refractivity (Wildman–Crippen MR) is 125 cm³/mol. The first kappa shape index (κ1) is 23.5. The van der Waals surface area contributed by atoms with Crippen LogP contribution in [0.25, 0.3) is 0 Å². The molecule has 0 unspecified atom stereocenters. The van der Waals surface area contributed by atoms with E-state index in [-0.39, 0.29) is 17.9 Å². The summed E-state index contributed by atoms with van der Waals surface area (Å²) in [6.45, 7) is 8.10. The second-order valence-corrected chi connectivity index (χ2v) is 9.37. The van der Waals surface area contributed by atoms with Crippen LogP contribution in [-0.4, -0.2) is 34.6 Å². The Labute approximate surface area is 186 Å². The first-order chi connectivity index (χ1) is 13.8. The highest BCUT2D eigenvalue weighted by Crippen LogP contribution is 2.18. The van der Waals surface area contributed by atoms with Gasteiger partial charge in [-0.15, -0.1) is 11.8 Å². The number of nitrogens with zero attached hydrogens (tertiary/aromatic N) is 1. The van der Waals surface area contributed by atoms with Crippen LogP contribution >= 0.6 is 27.7 Å². The zero-order chi connectivity index (χ0) is 21.4. The average molecular weight is 477 g/mol. The van der Waals surface area contributed by atoms with E-state index in [1.165, 1.54) is 11.1 Å². The summed E-state index contributed by atoms with van der Waals surface area (Å²) < 4.78 is 0.985. The molecule has 29 heavy (non-hydrogen) atoms. The minimum absolute atomic E-state index is 0.0306. The maximum absolute atomic E-state index is 13.0. The summed E-state index contributed by atoms with van der Waals surface area (Å²) in [6.07, 6.45) is 0. The molecule has 0 radical (unpaired) electrons. The van der Waals surface area contributed by atoms with Crippen molar-refractivity contribution in [1.29, 1.82) is 0 Å². The zero-order valence-electron chi connectivity index (χ0n) is 17.4. The van der Waals surface area contributed by atoms with Crippen molar-refractivity contribution in [1.82, 2.24) is 10.2 Å². The van der Waals surface area contributed by atoms with Crippen LogP contribution in [-0.2, 0) is 21.9 Å². The Balaban J connectivity index is 2.06. The molecule has 2 amide bonds. The Morgan fingerprint density at radius 3 is 2.38 bits per heavy atom. The summed E-state index contributed by atoms with van der Waals surface area (Å²) >= 11 is 5.01. The van der Waals surface area contributed by atoms with Crippen LogP contribution in [0.15, 0.2) is 53.0 Å². The van der Waals surface area contributed by atoms with E-state index in [2.05, 4.69) is 46.4 Å². The molecule has 1 N–H and O–H groups in total. The van der Waals surface area contributed by atoms with Crippen molar-refractivity contribution in [2.24, 2.45) is 0 Å². The molecule has 0 heterocycles. The van der Waals surface area contributed by atoms with Gasteiger partial charge in [0.15, 0.2) is 0 Å². The Kier molecular flexibility index (Phi) is 9.24. The largest absolute Gasteiger partial charge is 0.352 e. The molecule has 2 rings (SSSR count). The van der Waals surface area contributed by atoms with Crippen LogP contribution < -0.4 is 5.32 Å². The van der Waals surface area contributed by atoms with Gasteiger partial charge in [0.05, 0.1) is 5.75 Å². The average Bonchev–Trinajstić information content (AvgIpc) is 2.66. The van der Waals surface area contributed by atoms with E-state index in [1.807, 2.05) is 44.2 Å². The Bertz CT molecular complexity index is 824. The lowest BCUT2D eigenvalue weighted by Gasteiger charge is -2.29. The van der Waals surface area contributed by atoms with Crippen molar-refractivity contribution in [2.75, 3.05) is 5.75 Å². The van der Waals surface area contributed by atoms with Crippen LogP contribution in [0.2, 0.25) is 0 Å². The third kappa shape index (κ3) is 7.86. The van der Waals surface area contributed by atoms with Gasteiger partial charge in [-0.3, -0.25) is 9.59 Å². The molecule has 0 aliphatic rings. The number of thioether (sulfide) groups is 1. The minimum atomic E-state index is -0.534. The highest BCUT2D eigenvalue weighted by Gasteiger charge is 2.26. The van der Waals surface area contributed by atoms with E-state index in [0.717, 1.165) is 15.8 Å². The first-order valence-electron chi connectivity index (χ1n) is 9.74. The van der Waals surface area contributed by atoms with Gasteiger partial charge in [0.25, 0.3) is 0 Å². The summed E-state index contributed by atoms with van der Waals surface area (Å²) in [6, 6.07) is 15.6. The number of amides is 2. The molecule has 0 saturated carbocycles. The van der Waals surface area contributed by atoms with E-state index in [0.29, 0.717) is 12.3 Å². The summed E-state index contributed by atoms with van der Waals surface area (Å²) in [5.74, 6) is 0.946. The molecule has 2 aromatic rings. The highest BCUT2D eigenvalue weighted by atomic mass is 79.9. The lowest BCUT2D eigenvalue weighted by Crippen LogP contribution is -2.49. The van der Waals surface area contributed by atoms with Gasteiger partial charge in [-0.25, -0.2) is 0 Å². The summed E-state index contributed by atoms with van der Waals surface area (Å²) in [7, 11) is 0. The standard InChI is InChI=1S/C23H29BrN2O2S/c1-16(2)25-23(28)18(4)26(13-19-8-10-21(24)11-9-19)22(27)15-29-14-20-7-5-6-17(3)12-20/h5-12,16,18H,13-15H2,1-4H3,(H,25,28)/t18-/m0/s1. The minimum Gasteiger partial charge on any atom is -0.352 e. The molecule has 0 spiro atoms. The Morgan fingerprint density at radius 1 is 1.07 bits per heavy atom. The normalized spacial score (nSPS) is 11.9. The van der Waals surface area contributed by atoms with Crippen LogP contribution in [0.1, 0.15) is 37.5 Å². The SMILES string of the molecule is Cc1cccc(CSCC(=O)N(Cc2ccc(Br)cc2)[C@@H](C)C(=O)NC(C)C)c1. The highest BCUT2D eigenvalue weighted by molar-refractivity contribution is 9.10. The fourth-order valence-electron chi connectivity index (χ4n) is 2.92. The molecule has 0 aliphatic carbocycles. The molecule has 2 aromatic carbocycles. The smallest absolute Gasteiger partial charge is 0.242 e. The molecule has 0 fully saturated rings. The summed E-state index contributed by atoms with van der Waals surface area (Å²) in [4.78, 5) is 27.2. The molecule has 0 bridgehead atoms. The molecule has 156 valence electrons. The van der Waals surface area contributed by atoms with Crippen molar-refractivity contribution in [2.45, 2.75) is 52.1 Å². The molecule has 4 nitrogen and oxygen atoms in total. The van der Waals surface area contributed by atoms with Crippen LogP contribution in [0.4, 0.5) is 0 Å². The molecule has 1 atom stereocenters. The quantitative estimate of drug-likeness (QED) is 0.557. The van der Waals surface area contributed by atoms with E-state index < -0.39 is 6.04 Å². The number of carbonyl (C=O) groups excluding carboxylic acids is 2. The van der Waals surface area contributed by atoms with Crippen molar-refractivity contribution < 1.29 is 9.59 Å². The van der Waals surface area contributed by atoms with Crippen molar-refractivity contribution >= 4 is 39.5 Å². The fraction of sp³-hybridized carbons (Fsp3) is 0.391. The maximum Gasteiger partial charge on any atom is 0.242 e. The second kappa shape index (κ2) is 11.4. The monoisotopic (exact) mass is 476 g/mol. The van der Waals surface area contributed by atoms with Gasteiger partial charge in [-0.1, -0.05) is 57.9 Å². The molecule has 6 heteroatoms. The molecule has 0 saturated heterocycles. The van der Waals surface area contributed by atoms with Crippen LogP contribution in [0.5, 0.6) is 0 Å². The first-order valence-corrected chi connectivity index (χ1v) is 11.7. The van der Waals surface area contributed by atoms with Gasteiger partial charge >= 0.3 is 0 Å². The molecule has 0 aliphatic heterocycles. The second-order valence-electron chi connectivity index (χ2n) is 7.47. The number of nitrogens with one attached hydrogen (secondary N) is 1. The lowest BCUT2D eigenvalue weighted by atomic mass is 10.1. The van der Waals surface area contributed by atoms with Gasteiger partial charge in [0, 0.05) is 22.8 Å². The van der Waals surface area contributed by atoms with E-state index >= 15 is 0 Å². The summed E-state index contributed by atoms with van der Waals surface area (Å²) in [5, 5.41) is 2.91. The Hall–Kier alpha value is -1.79. The number of hydrogen-bond donors (Lipinski definition) is 1. The molecule has 0 aromatic heterocycles. The van der Waals surface area contributed by atoms with Crippen LogP contribution in [0, 0.1) is 6.92 Å². The van der Waals surface area contributed by atoms with Gasteiger partial charge in [-0.2, -0.15) is 0 Å². The van der Waals surface area contributed by atoms with Crippen molar-refractivity contribution in [3.63, 3.8) is 0 Å².